The Bertz CT molecular complexity index is 715. The number of carbonyl (C=O) groups excluding carboxylic acids is 1. The Morgan fingerprint density at radius 2 is 1.96 bits per heavy atom. The molecule has 2 saturated heterocycles. The Kier molecular flexibility index (Phi) is 4.30. The molecule has 0 bridgehead atoms. The van der Waals surface area contributed by atoms with Crippen molar-refractivity contribution in [3.63, 3.8) is 0 Å². The van der Waals surface area contributed by atoms with Gasteiger partial charge >= 0.3 is 0 Å². The normalized spacial score (nSPS) is 21.9. The highest BCUT2D eigenvalue weighted by Crippen LogP contribution is 2.24. The number of aromatic nitrogens is 2. The van der Waals surface area contributed by atoms with Gasteiger partial charge in [0, 0.05) is 38.1 Å². The second-order valence-corrected chi connectivity index (χ2v) is 6.57. The number of piperazine rings is 1. The molecule has 0 saturated carbocycles. The van der Waals surface area contributed by atoms with Crippen molar-refractivity contribution in [2.45, 2.75) is 12.8 Å². The fourth-order valence-corrected chi connectivity index (χ4v) is 3.70. The van der Waals surface area contributed by atoms with Crippen molar-refractivity contribution in [2.24, 2.45) is 5.92 Å². The van der Waals surface area contributed by atoms with Crippen LogP contribution >= 0.6 is 0 Å². The minimum atomic E-state index is 0.158. The van der Waals surface area contributed by atoms with Gasteiger partial charge in [-0.2, -0.15) is 0 Å². The largest absolute Gasteiger partial charge is 0.352 e. The van der Waals surface area contributed by atoms with E-state index in [2.05, 4.69) is 26.3 Å². The van der Waals surface area contributed by atoms with E-state index >= 15 is 0 Å². The van der Waals surface area contributed by atoms with E-state index in [1.807, 2.05) is 23.1 Å². The first-order chi connectivity index (χ1) is 11.8. The third kappa shape index (κ3) is 2.94. The molecule has 1 aromatic carbocycles. The van der Waals surface area contributed by atoms with Crippen LogP contribution in [0, 0.1) is 5.92 Å². The zero-order valence-electron chi connectivity index (χ0n) is 13.8. The molecular weight excluding hydrogens is 302 g/mol. The molecule has 0 radical (unpaired) electrons. The Morgan fingerprint density at radius 3 is 2.75 bits per heavy atom. The summed E-state index contributed by atoms with van der Waals surface area (Å²) in [7, 11) is 0. The van der Waals surface area contributed by atoms with E-state index in [1.54, 1.807) is 6.33 Å². The highest BCUT2D eigenvalue weighted by Gasteiger charge is 2.29. The van der Waals surface area contributed by atoms with Crippen molar-refractivity contribution in [3.8, 4) is 0 Å². The summed E-state index contributed by atoms with van der Waals surface area (Å²) in [4.78, 5) is 25.8. The first-order valence-corrected chi connectivity index (χ1v) is 8.77. The van der Waals surface area contributed by atoms with E-state index in [-0.39, 0.29) is 5.92 Å². The number of nitrogens with one attached hydrogen (secondary N) is 1. The van der Waals surface area contributed by atoms with E-state index in [4.69, 9.17) is 0 Å². The summed E-state index contributed by atoms with van der Waals surface area (Å²) >= 11 is 0. The summed E-state index contributed by atoms with van der Waals surface area (Å²) in [5.41, 5.74) is 0.967. The molecule has 2 aromatic rings. The molecule has 1 aromatic heterocycles. The Morgan fingerprint density at radius 1 is 1.12 bits per heavy atom. The molecule has 1 unspecified atom stereocenters. The number of hydrogen-bond acceptors (Lipinski definition) is 5. The maximum absolute atomic E-state index is 12.7. The fourth-order valence-electron chi connectivity index (χ4n) is 3.70. The van der Waals surface area contributed by atoms with E-state index in [1.165, 1.54) is 0 Å². The van der Waals surface area contributed by atoms with Crippen LogP contribution in [0.15, 0.2) is 30.6 Å². The average molecular weight is 325 g/mol. The molecule has 1 atom stereocenters. The molecule has 2 aliphatic rings. The summed E-state index contributed by atoms with van der Waals surface area (Å²) in [5.74, 6) is 1.45. The number of rotatable bonds is 2. The number of anilines is 1. The quantitative estimate of drug-likeness (QED) is 0.901. The second-order valence-electron chi connectivity index (χ2n) is 6.57. The topological polar surface area (TPSA) is 61.4 Å². The molecule has 6 heteroatoms. The Balaban J connectivity index is 1.45. The van der Waals surface area contributed by atoms with Crippen LogP contribution in [-0.4, -0.2) is 60.0 Å². The van der Waals surface area contributed by atoms with Crippen LogP contribution in [0.25, 0.3) is 10.9 Å². The minimum Gasteiger partial charge on any atom is -0.352 e. The van der Waals surface area contributed by atoms with Crippen molar-refractivity contribution in [3.05, 3.63) is 30.6 Å². The molecular formula is C18H23N5O. The first kappa shape index (κ1) is 15.3. The first-order valence-electron chi connectivity index (χ1n) is 8.77. The lowest BCUT2D eigenvalue weighted by molar-refractivity contribution is -0.136. The van der Waals surface area contributed by atoms with Gasteiger partial charge in [0.25, 0.3) is 0 Å². The number of para-hydroxylation sites is 1. The van der Waals surface area contributed by atoms with E-state index < -0.39 is 0 Å². The number of benzene rings is 1. The smallest absolute Gasteiger partial charge is 0.227 e. The van der Waals surface area contributed by atoms with Gasteiger partial charge in [0.2, 0.25) is 5.91 Å². The van der Waals surface area contributed by atoms with Gasteiger partial charge in [-0.3, -0.25) is 4.79 Å². The van der Waals surface area contributed by atoms with Crippen molar-refractivity contribution < 1.29 is 4.79 Å². The van der Waals surface area contributed by atoms with E-state index in [0.29, 0.717) is 5.91 Å². The fraction of sp³-hybridized carbons (Fsp3) is 0.500. The molecule has 0 spiro atoms. The van der Waals surface area contributed by atoms with Crippen molar-refractivity contribution in [1.82, 2.24) is 20.2 Å². The predicted molar refractivity (Wildman–Crippen MR) is 93.9 cm³/mol. The summed E-state index contributed by atoms with van der Waals surface area (Å²) in [6.07, 6.45) is 3.74. The van der Waals surface area contributed by atoms with Crippen molar-refractivity contribution in [1.29, 1.82) is 0 Å². The van der Waals surface area contributed by atoms with Gasteiger partial charge in [0.15, 0.2) is 0 Å². The van der Waals surface area contributed by atoms with Gasteiger partial charge in [0.05, 0.1) is 11.4 Å². The molecule has 3 heterocycles. The van der Waals surface area contributed by atoms with Gasteiger partial charge in [-0.25, -0.2) is 9.97 Å². The van der Waals surface area contributed by atoms with E-state index in [0.717, 1.165) is 68.8 Å². The molecule has 24 heavy (non-hydrogen) atoms. The van der Waals surface area contributed by atoms with Crippen LogP contribution in [0.1, 0.15) is 12.8 Å². The van der Waals surface area contributed by atoms with Crippen LogP contribution in [0.5, 0.6) is 0 Å². The SMILES string of the molecule is O=C(C1CCCNC1)N1CCN(c2ncnc3ccccc23)CC1. The lowest BCUT2D eigenvalue weighted by atomic mass is 9.98. The highest BCUT2D eigenvalue weighted by molar-refractivity contribution is 5.89. The maximum Gasteiger partial charge on any atom is 0.227 e. The molecule has 2 aliphatic heterocycles. The molecule has 4 rings (SSSR count). The molecule has 1 N–H and O–H groups in total. The zero-order chi connectivity index (χ0) is 16.4. The van der Waals surface area contributed by atoms with Crippen molar-refractivity contribution >= 4 is 22.6 Å². The highest BCUT2D eigenvalue weighted by atomic mass is 16.2. The summed E-state index contributed by atoms with van der Waals surface area (Å²) in [6.45, 7) is 5.06. The summed E-state index contributed by atoms with van der Waals surface area (Å²) < 4.78 is 0. The number of nitrogens with zero attached hydrogens (tertiary/aromatic N) is 4. The number of fused-ring (bicyclic) bond motifs is 1. The number of hydrogen-bond donors (Lipinski definition) is 1. The van der Waals surface area contributed by atoms with Gasteiger partial charge in [0.1, 0.15) is 12.1 Å². The average Bonchev–Trinajstić information content (AvgIpc) is 2.68. The third-order valence-corrected chi connectivity index (χ3v) is 5.06. The lowest BCUT2D eigenvalue weighted by Crippen LogP contribution is -2.52. The monoisotopic (exact) mass is 325 g/mol. The molecule has 1 amide bonds. The van der Waals surface area contributed by atoms with Crippen LogP contribution in [-0.2, 0) is 4.79 Å². The molecule has 2 fully saturated rings. The minimum absolute atomic E-state index is 0.158. The standard InChI is InChI=1S/C18H23N5O/c24-18(14-4-3-7-19-12-14)23-10-8-22(9-11-23)17-15-5-1-2-6-16(15)20-13-21-17/h1-2,5-6,13-14,19H,3-4,7-12H2. The lowest BCUT2D eigenvalue weighted by Gasteiger charge is -2.38. The van der Waals surface area contributed by atoms with Crippen LogP contribution in [0.2, 0.25) is 0 Å². The number of amides is 1. The summed E-state index contributed by atoms with van der Waals surface area (Å²) in [5, 5.41) is 4.41. The molecule has 6 nitrogen and oxygen atoms in total. The van der Waals surface area contributed by atoms with Gasteiger partial charge in [-0.05, 0) is 31.5 Å². The zero-order valence-corrected chi connectivity index (χ0v) is 13.8. The van der Waals surface area contributed by atoms with Gasteiger partial charge < -0.3 is 15.1 Å². The third-order valence-electron chi connectivity index (χ3n) is 5.06. The van der Waals surface area contributed by atoms with Gasteiger partial charge in [-0.1, -0.05) is 12.1 Å². The second kappa shape index (κ2) is 6.73. The van der Waals surface area contributed by atoms with Crippen LogP contribution in [0.4, 0.5) is 5.82 Å². The predicted octanol–water partition coefficient (Wildman–Crippen LogP) is 1.28. The van der Waals surface area contributed by atoms with Crippen molar-refractivity contribution in [2.75, 3.05) is 44.2 Å². The Hall–Kier alpha value is -2.21. The van der Waals surface area contributed by atoms with Crippen LogP contribution in [0.3, 0.4) is 0 Å². The van der Waals surface area contributed by atoms with Gasteiger partial charge in [-0.15, -0.1) is 0 Å². The summed E-state index contributed by atoms with van der Waals surface area (Å²) in [6, 6.07) is 8.09. The number of carbonyl (C=O) groups is 1. The maximum atomic E-state index is 12.7. The molecule has 126 valence electrons. The number of piperidine rings is 1. The Labute approximate surface area is 141 Å². The van der Waals surface area contributed by atoms with Crippen LogP contribution < -0.4 is 10.2 Å². The molecule has 0 aliphatic carbocycles. The van der Waals surface area contributed by atoms with E-state index in [9.17, 15) is 4.79 Å².